The zero-order valence-corrected chi connectivity index (χ0v) is 27.9. The number of benzene rings is 2. The Balaban J connectivity index is 1.66. The van der Waals surface area contributed by atoms with Crippen LogP contribution >= 0.6 is 15.9 Å². The van der Waals surface area contributed by atoms with Crippen LogP contribution in [-0.2, 0) is 22.3 Å². The number of carbonyl (C=O) groups excluding carboxylic acids is 1. The maximum Gasteiger partial charge on any atom is 0.407 e. The monoisotopic (exact) mass is 643 g/mol. The summed E-state index contributed by atoms with van der Waals surface area (Å²) in [4.78, 5) is 12.6. The average Bonchev–Trinajstić information content (AvgIpc) is 3.26. The number of nitrogens with zero attached hydrogens (tertiary/aromatic N) is 2. The molecule has 0 saturated heterocycles. The molecule has 41 heavy (non-hydrogen) atoms. The van der Waals surface area contributed by atoms with Crippen molar-refractivity contribution in [1.29, 1.82) is 0 Å². The molecule has 0 aliphatic heterocycles. The second-order valence-corrected chi connectivity index (χ2v) is 17.6. The van der Waals surface area contributed by atoms with Crippen molar-refractivity contribution in [3.8, 4) is 0 Å². The maximum absolute atomic E-state index is 12.6. The lowest BCUT2D eigenvalue weighted by atomic mass is 10.1. The van der Waals surface area contributed by atoms with Crippen LogP contribution in [0.5, 0.6) is 0 Å². The number of aliphatic hydroxyl groups is 1. The van der Waals surface area contributed by atoms with Crippen molar-refractivity contribution in [1.82, 2.24) is 15.1 Å². The molecule has 2 N–H and O–H groups in total. The van der Waals surface area contributed by atoms with E-state index in [1.165, 1.54) is 10.4 Å². The standard InChI is InChI=1S/C32H46BrN3O4Si/c1-31(2,3)40-30(38)34-25(23-36-26(24-37)22-29(33)35-36)16-10-9-15-21-39-41(32(4,5)6,27-17-11-7-12-18-27)28-19-13-8-14-20-28/h7-8,11-14,17-20,22,25,37H,9-10,15-16,21,23-24H2,1-6H3,(H,34,38)/t25-/m1/s1. The van der Waals surface area contributed by atoms with Gasteiger partial charge in [-0.3, -0.25) is 4.68 Å². The van der Waals surface area contributed by atoms with Gasteiger partial charge in [-0.1, -0.05) is 94.3 Å². The van der Waals surface area contributed by atoms with Gasteiger partial charge in [-0.05, 0) is 71.0 Å². The van der Waals surface area contributed by atoms with Gasteiger partial charge in [0.25, 0.3) is 8.32 Å². The second kappa shape index (κ2) is 14.6. The van der Waals surface area contributed by atoms with Gasteiger partial charge in [-0.15, -0.1) is 0 Å². The predicted molar refractivity (Wildman–Crippen MR) is 171 cm³/mol. The van der Waals surface area contributed by atoms with Crippen LogP contribution in [-0.4, -0.2) is 47.5 Å². The zero-order valence-electron chi connectivity index (χ0n) is 25.3. The lowest BCUT2D eigenvalue weighted by Gasteiger charge is -2.43. The molecule has 2 aromatic carbocycles. The van der Waals surface area contributed by atoms with Gasteiger partial charge in [-0.2, -0.15) is 5.10 Å². The van der Waals surface area contributed by atoms with E-state index >= 15 is 0 Å². The molecule has 3 aromatic rings. The molecule has 7 nitrogen and oxygen atoms in total. The van der Waals surface area contributed by atoms with Gasteiger partial charge in [0.1, 0.15) is 10.2 Å². The van der Waals surface area contributed by atoms with Gasteiger partial charge >= 0.3 is 6.09 Å². The summed E-state index contributed by atoms with van der Waals surface area (Å²) in [7, 11) is -2.55. The van der Waals surface area contributed by atoms with Crippen LogP contribution in [0.25, 0.3) is 0 Å². The van der Waals surface area contributed by atoms with E-state index in [0.717, 1.165) is 25.7 Å². The van der Waals surface area contributed by atoms with E-state index in [9.17, 15) is 9.90 Å². The van der Waals surface area contributed by atoms with Crippen molar-refractivity contribution < 1.29 is 19.1 Å². The predicted octanol–water partition coefficient (Wildman–Crippen LogP) is 6.17. The van der Waals surface area contributed by atoms with Crippen molar-refractivity contribution in [3.05, 3.63) is 77.0 Å². The van der Waals surface area contributed by atoms with Crippen molar-refractivity contribution in [3.63, 3.8) is 0 Å². The Hall–Kier alpha value is -2.46. The SMILES string of the molecule is CC(C)(C)OC(=O)N[C@H](CCCCCO[Si](c1ccccc1)(c1ccccc1)C(C)(C)C)Cn1nc(Br)cc1CO. The fourth-order valence-electron chi connectivity index (χ4n) is 5.25. The zero-order chi connectivity index (χ0) is 30.1. The molecule has 0 bridgehead atoms. The molecule has 0 saturated carbocycles. The molecule has 1 aromatic heterocycles. The molecule has 0 unspecified atom stereocenters. The first-order valence-corrected chi connectivity index (χ1v) is 17.1. The number of unbranched alkanes of at least 4 members (excludes halogenated alkanes) is 2. The van der Waals surface area contributed by atoms with Crippen LogP contribution in [0.15, 0.2) is 71.3 Å². The van der Waals surface area contributed by atoms with Gasteiger partial charge in [-0.25, -0.2) is 4.79 Å². The van der Waals surface area contributed by atoms with E-state index in [2.05, 4.69) is 108 Å². The number of aliphatic hydroxyl groups excluding tert-OH is 1. The number of hydrogen-bond acceptors (Lipinski definition) is 5. The number of hydrogen-bond donors (Lipinski definition) is 2. The minimum absolute atomic E-state index is 0.0550. The molecule has 3 rings (SSSR count). The largest absolute Gasteiger partial charge is 0.444 e. The van der Waals surface area contributed by atoms with Crippen LogP contribution in [0.3, 0.4) is 0 Å². The topological polar surface area (TPSA) is 85.6 Å². The third kappa shape index (κ3) is 9.26. The molecule has 0 aliphatic carbocycles. The number of amides is 1. The fraction of sp³-hybridized carbons (Fsp3) is 0.500. The first-order valence-electron chi connectivity index (χ1n) is 14.4. The lowest BCUT2D eigenvalue weighted by Crippen LogP contribution is -2.66. The van der Waals surface area contributed by atoms with E-state index < -0.39 is 20.0 Å². The quantitative estimate of drug-likeness (QED) is 0.172. The van der Waals surface area contributed by atoms with Crippen molar-refractivity contribution >= 4 is 40.7 Å². The van der Waals surface area contributed by atoms with Crippen LogP contribution in [0, 0.1) is 0 Å². The van der Waals surface area contributed by atoms with E-state index in [0.29, 0.717) is 23.4 Å². The number of nitrogens with one attached hydrogen (secondary N) is 1. The first-order chi connectivity index (χ1) is 19.4. The average molecular weight is 645 g/mol. The summed E-state index contributed by atoms with van der Waals surface area (Å²) in [6.07, 6.45) is 3.08. The molecular formula is C32H46BrN3O4Si. The highest BCUT2D eigenvalue weighted by molar-refractivity contribution is 9.10. The van der Waals surface area contributed by atoms with Crippen molar-refractivity contribution in [2.75, 3.05) is 6.61 Å². The highest BCUT2D eigenvalue weighted by atomic mass is 79.9. The molecule has 0 fully saturated rings. The first kappa shape index (κ1) is 33.0. The molecule has 1 atom stereocenters. The Labute approximate surface area is 254 Å². The lowest BCUT2D eigenvalue weighted by molar-refractivity contribution is 0.0494. The Morgan fingerprint density at radius 3 is 2.07 bits per heavy atom. The molecule has 0 spiro atoms. The molecule has 1 heterocycles. The summed E-state index contributed by atoms with van der Waals surface area (Å²) in [5, 5.41) is 19.7. The van der Waals surface area contributed by atoms with Gasteiger partial charge in [0.05, 0.1) is 24.9 Å². The number of rotatable bonds is 13. The maximum atomic E-state index is 12.6. The van der Waals surface area contributed by atoms with Crippen LogP contribution < -0.4 is 15.7 Å². The van der Waals surface area contributed by atoms with E-state index in [4.69, 9.17) is 9.16 Å². The van der Waals surface area contributed by atoms with E-state index in [1.807, 2.05) is 20.8 Å². The Morgan fingerprint density at radius 2 is 1.56 bits per heavy atom. The van der Waals surface area contributed by atoms with E-state index in [1.54, 1.807) is 10.7 Å². The fourth-order valence-corrected chi connectivity index (χ4v) is 10.3. The summed E-state index contributed by atoms with van der Waals surface area (Å²) in [6, 6.07) is 23.0. The Kier molecular flexibility index (Phi) is 11.8. The van der Waals surface area contributed by atoms with Crippen LogP contribution in [0.4, 0.5) is 4.79 Å². The summed E-state index contributed by atoms with van der Waals surface area (Å²) < 4.78 is 14.9. The summed E-state index contributed by atoms with van der Waals surface area (Å²) in [6.45, 7) is 13.4. The number of alkyl carbamates (subject to hydrolysis) is 1. The second-order valence-electron chi connectivity index (χ2n) is 12.5. The van der Waals surface area contributed by atoms with Crippen molar-refractivity contribution in [2.24, 2.45) is 0 Å². The van der Waals surface area contributed by atoms with Crippen LogP contribution in [0.2, 0.25) is 5.04 Å². The summed E-state index contributed by atoms with van der Waals surface area (Å²) >= 11 is 3.38. The van der Waals surface area contributed by atoms with Crippen LogP contribution in [0.1, 0.15) is 72.9 Å². The minimum atomic E-state index is -2.55. The Morgan fingerprint density at radius 1 is 0.976 bits per heavy atom. The highest BCUT2D eigenvalue weighted by Crippen LogP contribution is 2.36. The normalized spacial score (nSPS) is 13.2. The van der Waals surface area contributed by atoms with Gasteiger partial charge in [0, 0.05) is 6.61 Å². The van der Waals surface area contributed by atoms with Gasteiger partial charge < -0.3 is 19.6 Å². The van der Waals surface area contributed by atoms with Gasteiger partial charge in [0.2, 0.25) is 0 Å². The summed E-state index contributed by atoms with van der Waals surface area (Å²) in [5.41, 5.74) is 0.101. The third-order valence-corrected chi connectivity index (χ3v) is 12.5. The number of carbonyl (C=O) groups is 1. The minimum Gasteiger partial charge on any atom is -0.444 e. The molecule has 9 heteroatoms. The molecule has 0 aliphatic rings. The summed E-state index contributed by atoms with van der Waals surface area (Å²) in [5.74, 6) is 0. The molecular weight excluding hydrogens is 598 g/mol. The van der Waals surface area contributed by atoms with E-state index in [-0.39, 0.29) is 17.7 Å². The molecule has 224 valence electrons. The molecule has 0 radical (unpaired) electrons. The third-order valence-electron chi connectivity index (χ3n) is 7.04. The van der Waals surface area contributed by atoms with Crippen molar-refractivity contribution in [2.45, 2.75) is 97.1 Å². The smallest absolute Gasteiger partial charge is 0.407 e. The molecule has 1 amide bonds. The highest BCUT2D eigenvalue weighted by Gasteiger charge is 2.49. The number of ether oxygens (including phenoxy) is 1. The Bertz CT molecular complexity index is 1180. The number of aromatic nitrogens is 2. The van der Waals surface area contributed by atoms with Gasteiger partial charge in [0.15, 0.2) is 0 Å². The number of halogens is 1.